The molecule has 3 aliphatic heterocycles. The number of phenols is 1. The van der Waals surface area contributed by atoms with Crippen LogP contribution in [0.5, 0.6) is 5.75 Å². The predicted molar refractivity (Wildman–Crippen MR) is 259 cm³/mol. The van der Waals surface area contributed by atoms with E-state index in [2.05, 4.69) is 41.8 Å². The van der Waals surface area contributed by atoms with Gasteiger partial charge in [-0.1, -0.05) is 36.4 Å². The lowest BCUT2D eigenvalue weighted by Gasteiger charge is -2.26. The molecule has 0 saturated carbocycles. The molecule has 0 spiro atoms. The minimum absolute atomic E-state index is 0.000693. The molecule has 25 nitrogen and oxygen atoms in total. The second-order valence-corrected chi connectivity index (χ2v) is 18.9. The first-order chi connectivity index (χ1) is 34.9. The van der Waals surface area contributed by atoms with E-state index >= 15 is 0 Å². The Morgan fingerprint density at radius 1 is 0.699 bits per heavy atom. The van der Waals surface area contributed by atoms with Gasteiger partial charge in [0.15, 0.2) is 5.96 Å². The van der Waals surface area contributed by atoms with Crippen LogP contribution in [0.2, 0.25) is 0 Å². The van der Waals surface area contributed by atoms with Gasteiger partial charge < -0.3 is 64.7 Å². The van der Waals surface area contributed by atoms with E-state index < -0.39 is 99.9 Å². The molecule has 27 heteroatoms. The number of nitrogens with one attached hydrogen (secondary N) is 6. The molecule has 6 atom stereocenters. The lowest BCUT2D eigenvalue weighted by molar-refractivity contribution is -0.143. The monoisotopic (exact) mass is 1040 g/mol. The van der Waals surface area contributed by atoms with Crippen molar-refractivity contribution < 1.29 is 64.5 Å². The number of guanidine groups is 1. The van der Waals surface area contributed by atoms with Gasteiger partial charge in [-0.2, -0.15) is 0 Å². The average Bonchev–Trinajstić information content (AvgIpc) is 3.40. The third kappa shape index (κ3) is 20.6. The van der Waals surface area contributed by atoms with E-state index in [1.165, 1.54) is 24.3 Å². The molecule has 3 heterocycles. The van der Waals surface area contributed by atoms with E-state index in [4.69, 9.17) is 19.0 Å². The topological polar surface area (TPSA) is 359 Å². The Hall–Kier alpha value is -6.92. The first-order valence-corrected chi connectivity index (χ1v) is 25.3. The minimum Gasteiger partial charge on any atom is -0.558 e. The van der Waals surface area contributed by atoms with Crippen molar-refractivity contribution in [3.63, 3.8) is 0 Å². The summed E-state index contributed by atoms with van der Waals surface area (Å²) >= 11 is -3.91. The number of unbranched alkanes of at least 4 members (excludes halogenated alkanes) is 1. The van der Waals surface area contributed by atoms with Crippen molar-refractivity contribution in [1.82, 2.24) is 46.6 Å². The second kappa shape index (κ2) is 29.0. The normalized spacial score (nSPS) is 23.1. The van der Waals surface area contributed by atoms with E-state index in [9.17, 15) is 56.9 Å². The molecule has 2 unspecified atom stereocenters. The molecule has 3 fully saturated rings. The third-order valence-corrected chi connectivity index (χ3v) is 13.0. The highest BCUT2D eigenvalue weighted by Crippen LogP contribution is 2.15. The fourth-order valence-corrected chi connectivity index (χ4v) is 8.76. The number of aromatic hydroxyl groups is 1. The van der Waals surface area contributed by atoms with Crippen molar-refractivity contribution in [2.24, 2.45) is 16.5 Å². The number of hydrogen-bond acceptors (Lipinski definition) is 16. The van der Waals surface area contributed by atoms with Gasteiger partial charge in [0.1, 0.15) is 29.9 Å². The quantitative estimate of drug-likeness (QED) is 0.0319. The first-order valence-electron chi connectivity index (χ1n) is 24.0. The average molecular weight is 1040 g/mol. The largest absolute Gasteiger partial charge is 1.15 e. The molecule has 0 radical (unpaired) electrons. The number of rotatable bonds is 17. The van der Waals surface area contributed by atoms with Crippen LogP contribution >= 0.6 is 0 Å². The number of carboxylic acids is 1. The zero-order valence-electron chi connectivity index (χ0n) is 40.4. The lowest BCUT2D eigenvalue weighted by Crippen LogP contribution is -2.58. The summed E-state index contributed by atoms with van der Waals surface area (Å²) in [5, 5.41) is 34.8. The molecule has 3 aliphatic rings. The van der Waals surface area contributed by atoms with Crippen LogP contribution in [0, 0.1) is 0 Å². The summed E-state index contributed by atoms with van der Waals surface area (Å²) in [5.41, 5.74) is 13.1. The number of carbonyl (C=O) groups is 9. The molecule has 0 aliphatic carbocycles. The van der Waals surface area contributed by atoms with Crippen molar-refractivity contribution >= 4 is 74.6 Å². The summed E-state index contributed by atoms with van der Waals surface area (Å²) in [7, 11) is 0. The van der Waals surface area contributed by atoms with Gasteiger partial charge in [-0.15, -0.1) is 0 Å². The van der Waals surface area contributed by atoms with Crippen LogP contribution in [0.4, 0.5) is 3.52 Å². The van der Waals surface area contributed by atoms with Crippen LogP contribution in [0.15, 0.2) is 53.5 Å². The van der Waals surface area contributed by atoms with Gasteiger partial charge in [-0.25, -0.2) is 0 Å². The van der Waals surface area contributed by atoms with Crippen molar-refractivity contribution in [2.75, 3.05) is 72.0 Å². The Kier molecular flexibility index (Phi) is 22.6. The number of halogens is 1. The number of aliphatic imine (C=N–C) groups is 1. The molecule has 6 amide bonds. The Labute approximate surface area is 425 Å². The number of aliphatic carboxylic acids is 1. The molecule has 396 valence electrons. The van der Waals surface area contributed by atoms with E-state index in [0.29, 0.717) is 57.8 Å². The standard InChI is InChI=1S/C46H66N12O13.Al.FH/c47-46(48)50-15-3-5-33-43(69)53-34(44(70)54-35(22-29-10-12-32(59)13-11-29)45(71)55-36(24-39(62)63)42(68)51-25-38(61)52-33)4-1-2-14-49-37(60)23-30-6-8-31(9-7-30)26-56-16-18-57(27-40(64)65)20-21-58(19-17-56)28-41(66)67;;/h6-13,33-36,59H,1-5,14-28H2,(H,49,60)(H,51,68)(H,52,61)(H,53,69)(H,54,70)(H,55,71)(H,62,63)(H,64,65)(H,66,67)(H4,47,48,50);;1H/q;+3;/p-3/t33-,34+,35-,36-;;/m0../s1. The maximum Gasteiger partial charge on any atom is 1.15 e. The smallest absolute Gasteiger partial charge is 0.558 e. The van der Waals surface area contributed by atoms with E-state index in [0.717, 1.165) is 11.1 Å². The SMILES string of the molecule is NC(N)=NCCC[C@@H]1NC(=O)CNC(=O)[C@H](CC(=O)O)NC(=O)[C@H](Cc2ccc(O)cc2)NC(=O)[C@@H](CCCCNC(=O)Cc2ccc(CN3CCN4CCN(CC3)CC(=O)[O][Al]([F])[O]C(=O)C4)cc2)NC1=O. The predicted octanol–water partition coefficient (Wildman–Crippen LogP) is -3.46. The first kappa shape index (κ1) is 57.0. The van der Waals surface area contributed by atoms with Crippen LogP contribution in [0.25, 0.3) is 0 Å². The van der Waals surface area contributed by atoms with Gasteiger partial charge >= 0.3 is 21.2 Å². The molecule has 2 aromatic rings. The lowest BCUT2D eigenvalue weighted by atomic mass is 10.0. The summed E-state index contributed by atoms with van der Waals surface area (Å²) in [6.45, 7) is 3.12. The highest BCUT2D eigenvalue weighted by atomic mass is 27.3. The second-order valence-electron chi connectivity index (χ2n) is 17.9. The highest BCUT2D eigenvalue weighted by molar-refractivity contribution is 6.41. The van der Waals surface area contributed by atoms with Crippen LogP contribution in [0.1, 0.15) is 55.2 Å². The Balaban J connectivity index is 1.21. The van der Waals surface area contributed by atoms with E-state index in [-0.39, 0.29) is 82.3 Å². The van der Waals surface area contributed by atoms with Crippen molar-refractivity contribution in [3.05, 3.63) is 65.2 Å². The number of amides is 6. The van der Waals surface area contributed by atoms with E-state index in [1.807, 2.05) is 34.1 Å². The fraction of sp³-hybridized carbons (Fsp3) is 0.522. The van der Waals surface area contributed by atoms with Crippen molar-refractivity contribution in [2.45, 2.75) is 82.1 Å². The summed E-state index contributed by atoms with van der Waals surface area (Å²) in [6.07, 6.45) is -0.119. The summed E-state index contributed by atoms with van der Waals surface area (Å²) in [5.74, 6) is -7.86. The molecule has 3 saturated heterocycles. The number of fused-ring (bicyclic) bond motifs is 3. The van der Waals surface area contributed by atoms with Gasteiger partial charge in [0.05, 0.1) is 32.5 Å². The van der Waals surface area contributed by atoms with Crippen LogP contribution in [-0.4, -0.2) is 196 Å². The number of phenolic OH excluding ortho intramolecular Hbond substituents is 1. The van der Waals surface area contributed by atoms with Crippen molar-refractivity contribution in [3.8, 4) is 5.75 Å². The van der Waals surface area contributed by atoms with Crippen LogP contribution < -0.4 is 43.4 Å². The molecule has 5 rings (SSSR count). The zero-order chi connectivity index (χ0) is 52.9. The highest BCUT2D eigenvalue weighted by Gasteiger charge is 2.43. The number of nitrogens with zero attached hydrogens (tertiary/aromatic N) is 4. The summed E-state index contributed by atoms with van der Waals surface area (Å²) in [6, 6.07) is 7.64. The Morgan fingerprint density at radius 2 is 1.23 bits per heavy atom. The van der Waals surface area contributed by atoms with Gasteiger partial charge in [0.2, 0.25) is 35.4 Å². The number of carboxylic acid groups (broad SMARTS) is 1. The zero-order valence-corrected chi connectivity index (χ0v) is 41.5. The van der Waals surface area contributed by atoms with Gasteiger partial charge in [0.25, 0.3) is 11.9 Å². The number of benzene rings is 2. The Morgan fingerprint density at radius 3 is 1.85 bits per heavy atom. The molecule has 12 N–H and O–H groups in total. The molecular weight excluding hydrogens is 975 g/mol. The molecule has 0 aromatic heterocycles. The molecule has 2 bridgehead atoms. The van der Waals surface area contributed by atoms with Crippen LogP contribution in [-0.2, 0) is 70.1 Å². The van der Waals surface area contributed by atoms with Gasteiger partial charge in [-0.3, -0.25) is 62.8 Å². The molecular formula is C46H64AlFN12O13. The molecule has 73 heavy (non-hydrogen) atoms. The Bertz CT molecular complexity index is 2260. The van der Waals surface area contributed by atoms with Crippen molar-refractivity contribution in [1.29, 1.82) is 0 Å². The van der Waals surface area contributed by atoms with E-state index in [1.54, 1.807) is 0 Å². The molecule has 2 aromatic carbocycles. The third-order valence-electron chi connectivity index (χ3n) is 12.1. The summed E-state index contributed by atoms with van der Waals surface area (Å²) < 4.78 is 23.5. The van der Waals surface area contributed by atoms with Gasteiger partial charge in [0, 0.05) is 65.3 Å². The summed E-state index contributed by atoms with van der Waals surface area (Å²) in [4.78, 5) is 127. The maximum atomic E-state index is 14.1. The number of carbonyl (C=O) groups excluding carboxylic acids is 8. The fourth-order valence-electron chi connectivity index (χ4n) is 8.15. The van der Waals surface area contributed by atoms with Gasteiger partial charge in [-0.05, 0) is 60.9 Å². The maximum absolute atomic E-state index is 14.1. The number of nitrogens with two attached hydrogens (primary N) is 2. The number of hydrogen-bond donors (Lipinski definition) is 10. The minimum atomic E-state index is -3.91. The van der Waals surface area contributed by atoms with Crippen LogP contribution in [0.3, 0.4) is 0 Å².